The molecule has 1 heterocycles. The molecule has 0 radical (unpaired) electrons. The van der Waals surface area contributed by atoms with Crippen molar-refractivity contribution < 1.29 is 0 Å². The van der Waals surface area contributed by atoms with Crippen molar-refractivity contribution in [3.63, 3.8) is 0 Å². The van der Waals surface area contributed by atoms with Gasteiger partial charge in [0.05, 0.1) is 6.54 Å². The highest BCUT2D eigenvalue weighted by Crippen LogP contribution is 2.59. The number of hydrogen-bond donors (Lipinski definition) is 1. The van der Waals surface area contributed by atoms with E-state index in [0.717, 1.165) is 30.1 Å². The molecular formula is C15H24N4. The predicted molar refractivity (Wildman–Crippen MR) is 73.3 cm³/mol. The molecule has 4 bridgehead atoms. The maximum Gasteiger partial charge on any atom is 0.146 e. The van der Waals surface area contributed by atoms with Crippen LogP contribution >= 0.6 is 0 Å². The van der Waals surface area contributed by atoms with Gasteiger partial charge in [0.15, 0.2) is 0 Å². The van der Waals surface area contributed by atoms with Crippen LogP contribution in [0.25, 0.3) is 0 Å². The average molecular weight is 260 g/mol. The number of rotatable bonds is 4. The molecule has 4 fully saturated rings. The van der Waals surface area contributed by atoms with Gasteiger partial charge in [-0.15, -0.1) is 10.2 Å². The standard InChI is InChI=1S/C15H24N4/c1-19-10-17-18-14(19)8-16-9-15-5-11-2-12(6-15)4-13(3-11)7-15/h10-13,16H,2-9H2,1H3. The quantitative estimate of drug-likeness (QED) is 0.901. The molecule has 0 aromatic carbocycles. The van der Waals surface area contributed by atoms with Crippen LogP contribution in [-0.2, 0) is 13.6 Å². The molecule has 1 aromatic heterocycles. The Balaban J connectivity index is 1.39. The third kappa shape index (κ3) is 2.10. The zero-order valence-electron chi connectivity index (χ0n) is 11.8. The fourth-order valence-electron chi connectivity index (χ4n) is 5.41. The van der Waals surface area contributed by atoms with Crippen LogP contribution in [0.3, 0.4) is 0 Å². The van der Waals surface area contributed by atoms with Crippen molar-refractivity contribution in [1.29, 1.82) is 0 Å². The van der Waals surface area contributed by atoms with Gasteiger partial charge < -0.3 is 9.88 Å². The minimum atomic E-state index is 0.618. The Morgan fingerprint density at radius 3 is 2.37 bits per heavy atom. The van der Waals surface area contributed by atoms with Crippen LogP contribution in [0.1, 0.15) is 44.3 Å². The van der Waals surface area contributed by atoms with Crippen molar-refractivity contribution >= 4 is 0 Å². The summed E-state index contributed by atoms with van der Waals surface area (Å²) in [6, 6.07) is 0. The summed E-state index contributed by atoms with van der Waals surface area (Å²) in [5.74, 6) is 4.18. The second-order valence-corrected chi connectivity index (χ2v) is 7.38. The third-order valence-corrected chi connectivity index (χ3v) is 5.75. The Morgan fingerprint density at radius 1 is 1.21 bits per heavy atom. The molecule has 0 spiro atoms. The molecule has 104 valence electrons. The second kappa shape index (κ2) is 4.30. The molecule has 0 amide bonds. The van der Waals surface area contributed by atoms with Crippen LogP contribution in [0.2, 0.25) is 0 Å². The van der Waals surface area contributed by atoms with Crippen molar-refractivity contribution in [2.45, 2.75) is 45.1 Å². The smallest absolute Gasteiger partial charge is 0.146 e. The van der Waals surface area contributed by atoms with E-state index >= 15 is 0 Å². The lowest BCUT2D eigenvalue weighted by Crippen LogP contribution is -2.50. The highest BCUT2D eigenvalue weighted by molar-refractivity contribution is 5.02. The maximum atomic E-state index is 4.15. The Labute approximate surface area is 115 Å². The third-order valence-electron chi connectivity index (χ3n) is 5.75. The normalized spacial score (nSPS) is 39.9. The molecule has 4 aliphatic rings. The topological polar surface area (TPSA) is 42.7 Å². The molecule has 0 saturated heterocycles. The largest absolute Gasteiger partial charge is 0.320 e. The van der Waals surface area contributed by atoms with E-state index in [0.29, 0.717) is 5.41 Å². The van der Waals surface area contributed by atoms with Crippen molar-refractivity contribution in [2.75, 3.05) is 6.54 Å². The van der Waals surface area contributed by atoms with Crippen LogP contribution in [0.4, 0.5) is 0 Å². The van der Waals surface area contributed by atoms with Crippen LogP contribution in [0.5, 0.6) is 0 Å². The molecule has 4 heteroatoms. The summed E-state index contributed by atoms with van der Waals surface area (Å²) in [5, 5.41) is 11.8. The molecule has 4 saturated carbocycles. The van der Waals surface area contributed by atoms with Crippen molar-refractivity contribution in [3.05, 3.63) is 12.2 Å². The summed E-state index contributed by atoms with van der Waals surface area (Å²) in [7, 11) is 2.02. The van der Waals surface area contributed by atoms with Gasteiger partial charge in [0.1, 0.15) is 12.2 Å². The van der Waals surface area contributed by atoms with Gasteiger partial charge in [0.25, 0.3) is 0 Å². The van der Waals surface area contributed by atoms with Gasteiger partial charge >= 0.3 is 0 Å². The summed E-state index contributed by atoms with van der Waals surface area (Å²) in [6.45, 7) is 2.04. The fraction of sp³-hybridized carbons (Fsp3) is 0.867. The Kier molecular flexibility index (Phi) is 2.69. The van der Waals surface area contributed by atoms with Gasteiger partial charge in [-0.1, -0.05) is 0 Å². The molecule has 5 rings (SSSR count). The molecule has 1 aromatic rings. The number of aryl methyl sites for hydroxylation is 1. The van der Waals surface area contributed by atoms with Crippen molar-refractivity contribution in [2.24, 2.45) is 30.2 Å². The van der Waals surface area contributed by atoms with Crippen LogP contribution in [0.15, 0.2) is 6.33 Å². The van der Waals surface area contributed by atoms with Gasteiger partial charge in [-0.2, -0.15) is 0 Å². The molecule has 0 aliphatic heterocycles. The molecule has 4 nitrogen and oxygen atoms in total. The highest BCUT2D eigenvalue weighted by Gasteiger charge is 2.50. The monoisotopic (exact) mass is 260 g/mol. The Hall–Kier alpha value is -0.900. The summed E-state index contributed by atoms with van der Waals surface area (Å²) >= 11 is 0. The molecular weight excluding hydrogens is 236 g/mol. The predicted octanol–water partition coefficient (Wildman–Crippen LogP) is 2.12. The van der Waals surface area contributed by atoms with E-state index in [9.17, 15) is 0 Å². The van der Waals surface area contributed by atoms with E-state index in [1.54, 1.807) is 6.33 Å². The van der Waals surface area contributed by atoms with Gasteiger partial charge in [0, 0.05) is 13.6 Å². The van der Waals surface area contributed by atoms with E-state index in [-0.39, 0.29) is 0 Å². The first-order valence-corrected chi connectivity index (χ1v) is 7.76. The maximum absolute atomic E-state index is 4.15. The van der Waals surface area contributed by atoms with Gasteiger partial charge in [-0.05, 0) is 61.7 Å². The zero-order chi connectivity index (χ0) is 12.9. The first-order chi connectivity index (χ1) is 9.22. The van der Waals surface area contributed by atoms with Gasteiger partial charge in [0.2, 0.25) is 0 Å². The molecule has 4 aliphatic carbocycles. The lowest BCUT2D eigenvalue weighted by atomic mass is 9.49. The first-order valence-electron chi connectivity index (χ1n) is 7.76. The Morgan fingerprint density at radius 2 is 1.84 bits per heavy atom. The minimum absolute atomic E-state index is 0.618. The number of nitrogens with one attached hydrogen (secondary N) is 1. The first kappa shape index (κ1) is 11.9. The summed E-state index contributed by atoms with van der Waals surface area (Å²) in [4.78, 5) is 0. The van der Waals surface area contributed by atoms with Crippen LogP contribution < -0.4 is 5.32 Å². The van der Waals surface area contributed by atoms with Crippen molar-refractivity contribution in [1.82, 2.24) is 20.1 Å². The number of nitrogens with zero attached hydrogens (tertiary/aromatic N) is 3. The summed E-state index contributed by atoms with van der Waals surface area (Å²) in [5.41, 5.74) is 0.618. The fourth-order valence-corrected chi connectivity index (χ4v) is 5.41. The molecule has 1 N–H and O–H groups in total. The molecule has 0 atom stereocenters. The number of aromatic nitrogens is 3. The van der Waals surface area contributed by atoms with Crippen LogP contribution in [0, 0.1) is 23.2 Å². The molecule has 19 heavy (non-hydrogen) atoms. The lowest BCUT2D eigenvalue weighted by Gasteiger charge is -2.57. The van der Waals surface area contributed by atoms with Crippen LogP contribution in [-0.4, -0.2) is 21.3 Å². The van der Waals surface area contributed by atoms with Gasteiger partial charge in [-0.3, -0.25) is 0 Å². The highest BCUT2D eigenvalue weighted by atomic mass is 15.3. The Bertz CT molecular complexity index is 429. The van der Waals surface area contributed by atoms with E-state index in [4.69, 9.17) is 0 Å². The summed E-state index contributed by atoms with van der Waals surface area (Å²) in [6.07, 6.45) is 10.8. The SMILES string of the molecule is Cn1cnnc1CNCC12CC3CC(CC(C3)C1)C2. The molecule has 0 unspecified atom stereocenters. The zero-order valence-corrected chi connectivity index (χ0v) is 11.8. The van der Waals surface area contributed by atoms with Gasteiger partial charge in [-0.25, -0.2) is 0 Å². The minimum Gasteiger partial charge on any atom is -0.320 e. The second-order valence-electron chi connectivity index (χ2n) is 7.38. The average Bonchev–Trinajstić information content (AvgIpc) is 2.73. The van der Waals surface area contributed by atoms with E-state index in [1.807, 2.05) is 11.6 Å². The number of hydrogen-bond acceptors (Lipinski definition) is 3. The van der Waals surface area contributed by atoms with E-state index in [2.05, 4.69) is 15.5 Å². The summed E-state index contributed by atoms with van der Waals surface area (Å²) < 4.78 is 2.01. The van der Waals surface area contributed by atoms with E-state index in [1.165, 1.54) is 45.1 Å². The van der Waals surface area contributed by atoms with E-state index < -0.39 is 0 Å². The van der Waals surface area contributed by atoms with Crippen molar-refractivity contribution in [3.8, 4) is 0 Å². The lowest BCUT2D eigenvalue weighted by molar-refractivity contribution is -0.0515.